The fraction of sp³-hybridized carbons (Fsp3) is 0.286. The molecule has 1 aromatic carbocycles. The second kappa shape index (κ2) is 4.75. The number of ether oxygens (including phenoxy) is 2. The average Bonchev–Trinajstić information content (AvgIpc) is 2.94. The van der Waals surface area contributed by atoms with Crippen LogP contribution in [0.4, 0.5) is 0 Å². The molecular formula is C14H13N3O2. The van der Waals surface area contributed by atoms with Crippen LogP contribution in [0.1, 0.15) is 22.9 Å². The molecule has 0 radical (unpaired) electrons. The van der Waals surface area contributed by atoms with Crippen LogP contribution in [-0.4, -0.2) is 23.3 Å². The highest BCUT2D eigenvalue weighted by atomic mass is 16.5. The molecule has 1 atom stereocenters. The van der Waals surface area contributed by atoms with Gasteiger partial charge in [-0.1, -0.05) is 6.07 Å². The van der Waals surface area contributed by atoms with Crippen LogP contribution in [0.15, 0.2) is 30.7 Å². The molecule has 0 spiro atoms. The molecule has 0 saturated carbocycles. The maximum absolute atomic E-state index is 9.01. The smallest absolute Gasteiger partial charge is 0.136 e. The van der Waals surface area contributed by atoms with Gasteiger partial charge in [-0.25, -0.2) is 4.98 Å². The molecule has 2 heterocycles. The third-order valence-electron chi connectivity index (χ3n) is 3.34. The molecule has 0 aliphatic carbocycles. The number of methoxy groups -OCH3 is 1. The Labute approximate surface area is 111 Å². The Kier molecular flexibility index (Phi) is 2.94. The van der Waals surface area contributed by atoms with Crippen molar-refractivity contribution in [3.05, 3.63) is 47.5 Å². The lowest BCUT2D eigenvalue weighted by molar-refractivity contribution is 0.0695. The lowest BCUT2D eigenvalue weighted by Gasteiger charge is -2.26. The number of rotatable bonds is 2. The van der Waals surface area contributed by atoms with E-state index in [1.165, 1.54) is 0 Å². The Morgan fingerprint density at radius 2 is 2.42 bits per heavy atom. The van der Waals surface area contributed by atoms with Crippen molar-refractivity contribution in [3.8, 4) is 11.8 Å². The van der Waals surface area contributed by atoms with E-state index in [1.807, 2.05) is 24.7 Å². The number of imidazole rings is 1. The molecule has 5 nitrogen and oxygen atoms in total. The van der Waals surface area contributed by atoms with Crippen LogP contribution < -0.4 is 4.74 Å². The van der Waals surface area contributed by atoms with Crippen LogP contribution in [0.3, 0.4) is 0 Å². The van der Waals surface area contributed by atoms with Crippen LogP contribution in [0.25, 0.3) is 0 Å². The molecule has 1 aliphatic rings. The number of nitrogens with zero attached hydrogens (tertiary/aromatic N) is 3. The second-order valence-electron chi connectivity index (χ2n) is 4.39. The fourth-order valence-corrected chi connectivity index (χ4v) is 2.34. The van der Waals surface area contributed by atoms with Gasteiger partial charge in [0.15, 0.2) is 0 Å². The molecule has 19 heavy (non-hydrogen) atoms. The fourth-order valence-electron chi connectivity index (χ4n) is 2.34. The quantitative estimate of drug-likeness (QED) is 0.822. The zero-order valence-electron chi connectivity index (χ0n) is 10.5. The Balaban J connectivity index is 2.03. The largest absolute Gasteiger partial charge is 0.495 e. The predicted molar refractivity (Wildman–Crippen MR) is 67.7 cm³/mol. The van der Waals surface area contributed by atoms with E-state index in [0.717, 1.165) is 11.3 Å². The topological polar surface area (TPSA) is 60.1 Å². The van der Waals surface area contributed by atoms with E-state index in [2.05, 4.69) is 15.6 Å². The molecular weight excluding hydrogens is 242 g/mol. The maximum Gasteiger partial charge on any atom is 0.136 e. The van der Waals surface area contributed by atoms with Crippen molar-refractivity contribution in [1.82, 2.24) is 9.55 Å². The van der Waals surface area contributed by atoms with Gasteiger partial charge < -0.3 is 14.0 Å². The molecule has 1 unspecified atom stereocenters. The molecule has 1 aromatic heterocycles. The summed E-state index contributed by atoms with van der Waals surface area (Å²) in [5, 5.41) is 9.01. The predicted octanol–water partition coefficient (Wildman–Crippen LogP) is 1.88. The molecule has 96 valence electrons. The molecule has 5 heteroatoms. The summed E-state index contributed by atoms with van der Waals surface area (Å²) in [6.07, 6.45) is 3.63. The Hall–Kier alpha value is -2.32. The van der Waals surface area contributed by atoms with E-state index in [1.54, 1.807) is 13.2 Å². The molecule has 1 aliphatic heterocycles. The molecule has 0 bridgehead atoms. The normalized spacial score (nSPS) is 17.6. The lowest BCUT2D eigenvalue weighted by atomic mass is 10.0. The monoisotopic (exact) mass is 255 g/mol. The van der Waals surface area contributed by atoms with Crippen molar-refractivity contribution >= 4 is 0 Å². The van der Waals surface area contributed by atoms with Crippen LogP contribution in [0, 0.1) is 11.3 Å². The molecule has 3 rings (SSSR count). The minimum absolute atomic E-state index is 0.0768. The summed E-state index contributed by atoms with van der Waals surface area (Å²) in [4.78, 5) is 4.16. The first-order chi connectivity index (χ1) is 9.33. The van der Waals surface area contributed by atoms with Crippen molar-refractivity contribution in [2.24, 2.45) is 0 Å². The highest BCUT2D eigenvalue weighted by Crippen LogP contribution is 2.29. The number of benzene rings is 1. The average molecular weight is 255 g/mol. The first-order valence-corrected chi connectivity index (χ1v) is 6.00. The van der Waals surface area contributed by atoms with Gasteiger partial charge in [0.25, 0.3) is 0 Å². The van der Waals surface area contributed by atoms with Gasteiger partial charge in [-0.15, -0.1) is 0 Å². The van der Waals surface area contributed by atoms with E-state index in [9.17, 15) is 0 Å². The second-order valence-corrected chi connectivity index (χ2v) is 4.39. The minimum Gasteiger partial charge on any atom is -0.495 e. The molecule has 0 N–H and O–H groups in total. The zero-order valence-corrected chi connectivity index (χ0v) is 10.5. The lowest BCUT2D eigenvalue weighted by Crippen LogP contribution is -2.23. The van der Waals surface area contributed by atoms with Gasteiger partial charge in [0.1, 0.15) is 11.8 Å². The minimum atomic E-state index is 0.0768. The van der Waals surface area contributed by atoms with Gasteiger partial charge in [-0.2, -0.15) is 5.26 Å². The van der Waals surface area contributed by atoms with E-state index in [4.69, 9.17) is 14.7 Å². The molecule has 2 aromatic rings. The summed E-state index contributed by atoms with van der Waals surface area (Å²) in [5.74, 6) is 0.590. The maximum atomic E-state index is 9.01. The standard InChI is InChI=1S/C14H13N3O2/c1-18-14-4-10(2-3-11(14)5-15)13-8-19-7-12-6-16-9-17(12)13/h2-4,6,9,13H,7-8H2,1H3. The van der Waals surface area contributed by atoms with Crippen molar-refractivity contribution < 1.29 is 9.47 Å². The van der Waals surface area contributed by atoms with Gasteiger partial charge in [-0.3, -0.25) is 0 Å². The van der Waals surface area contributed by atoms with Crippen molar-refractivity contribution in [1.29, 1.82) is 5.26 Å². The van der Waals surface area contributed by atoms with Gasteiger partial charge in [0.2, 0.25) is 0 Å². The van der Waals surface area contributed by atoms with Crippen LogP contribution in [0.2, 0.25) is 0 Å². The summed E-state index contributed by atoms with van der Waals surface area (Å²) < 4.78 is 12.9. The number of hydrogen-bond acceptors (Lipinski definition) is 4. The Morgan fingerprint density at radius 3 is 3.21 bits per heavy atom. The molecule has 0 fully saturated rings. The third kappa shape index (κ3) is 1.96. The van der Waals surface area contributed by atoms with Crippen molar-refractivity contribution in [2.75, 3.05) is 13.7 Å². The Bertz CT molecular complexity index is 642. The van der Waals surface area contributed by atoms with Gasteiger partial charge >= 0.3 is 0 Å². The van der Waals surface area contributed by atoms with Gasteiger partial charge in [-0.05, 0) is 17.7 Å². The number of hydrogen-bond donors (Lipinski definition) is 0. The number of nitriles is 1. The van der Waals surface area contributed by atoms with Crippen LogP contribution in [0.5, 0.6) is 5.75 Å². The molecule has 0 saturated heterocycles. The summed E-state index contributed by atoms with van der Waals surface area (Å²) in [7, 11) is 1.57. The van der Waals surface area contributed by atoms with Gasteiger partial charge in [0.05, 0.1) is 50.1 Å². The highest BCUT2D eigenvalue weighted by molar-refractivity contribution is 5.46. The van der Waals surface area contributed by atoms with E-state index in [0.29, 0.717) is 24.5 Å². The van der Waals surface area contributed by atoms with E-state index >= 15 is 0 Å². The zero-order chi connectivity index (χ0) is 13.2. The van der Waals surface area contributed by atoms with Crippen LogP contribution >= 0.6 is 0 Å². The summed E-state index contributed by atoms with van der Waals surface area (Å²) >= 11 is 0. The van der Waals surface area contributed by atoms with Crippen molar-refractivity contribution in [2.45, 2.75) is 12.6 Å². The van der Waals surface area contributed by atoms with Crippen molar-refractivity contribution in [3.63, 3.8) is 0 Å². The summed E-state index contributed by atoms with van der Waals surface area (Å²) in [6, 6.07) is 7.79. The van der Waals surface area contributed by atoms with E-state index < -0.39 is 0 Å². The molecule has 0 amide bonds. The SMILES string of the molecule is COc1cc(C2COCc3cncn32)ccc1C#N. The number of aromatic nitrogens is 2. The highest BCUT2D eigenvalue weighted by Gasteiger charge is 2.22. The van der Waals surface area contributed by atoms with E-state index in [-0.39, 0.29) is 6.04 Å². The first kappa shape index (κ1) is 11.8. The summed E-state index contributed by atoms with van der Waals surface area (Å²) in [6.45, 7) is 1.18. The summed E-state index contributed by atoms with van der Waals surface area (Å²) in [5.41, 5.74) is 2.64. The van der Waals surface area contributed by atoms with Gasteiger partial charge in [0, 0.05) is 0 Å². The number of fused-ring (bicyclic) bond motifs is 1. The third-order valence-corrected chi connectivity index (χ3v) is 3.34. The van der Waals surface area contributed by atoms with Crippen LogP contribution in [-0.2, 0) is 11.3 Å². The first-order valence-electron chi connectivity index (χ1n) is 6.00. The Morgan fingerprint density at radius 1 is 1.53 bits per heavy atom.